The smallest absolute Gasteiger partial charge is 0.306 e. The number of aryl methyl sites for hydroxylation is 1. The summed E-state index contributed by atoms with van der Waals surface area (Å²) in [7, 11) is 0. The number of aromatic nitrogens is 2. The lowest BCUT2D eigenvalue weighted by Gasteiger charge is -2.12. The highest BCUT2D eigenvalue weighted by molar-refractivity contribution is 6.31. The molecule has 1 aliphatic rings. The van der Waals surface area contributed by atoms with Gasteiger partial charge in [-0.25, -0.2) is 4.79 Å². The third kappa shape index (κ3) is 4.14. The van der Waals surface area contributed by atoms with Gasteiger partial charge in [-0.3, -0.25) is 14.4 Å². The van der Waals surface area contributed by atoms with Crippen LogP contribution in [0.3, 0.4) is 0 Å². The standard InChI is InChI=1S/C26H21Cl2N3O2/c1-2-31-23-10-6-17(12-21(23)30-26(31)33)25-20-14-19(28)9-5-16(20)13-24(32)22(29-25)11-15-3-7-18(27)8-4-15/h3-10,12,14,22H,2,11,13H2,1H3,(H,30,33)/t22-/m1/s1. The summed E-state index contributed by atoms with van der Waals surface area (Å²) >= 11 is 12.4. The number of carbonyl (C=O) groups excluding carboxylic acids is 1. The number of Topliss-reactive ketones (excluding diaryl/α,β-unsaturated/α-hetero) is 1. The van der Waals surface area contributed by atoms with E-state index in [-0.39, 0.29) is 17.9 Å². The van der Waals surface area contributed by atoms with Gasteiger partial charge in [0.25, 0.3) is 0 Å². The summed E-state index contributed by atoms with van der Waals surface area (Å²) in [6.45, 7) is 2.51. The van der Waals surface area contributed by atoms with Crippen molar-refractivity contribution in [1.82, 2.24) is 9.55 Å². The number of carbonyl (C=O) groups is 1. The lowest BCUT2D eigenvalue weighted by Crippen LogP contribution is -2.23. The van der Waals surface area contributed by atoms with Gasteiger partial charge in [0, 0.05) is 40.6 Å². The number of imidazole rings is 1. The van der Waals surface area contributed by atoms with Crippen LogP contribution >= 0.6 is 23.2 Å². The van der Waals surface area contributed by atoms with Gasteiger partial charge in [0.2, 0.25) is 0 Å². The second-order valence-corrected chi connectivity index (χ2v) is 9.05. The van der Waals surface area contributed by atoms with Crippen molar-refractivity contribution in [1.29, 1.82) is 0 Å². The minimum absolute atomic E-state index is 0.0511. The molecule has 4 aromatic rings. The molecule has 0 spiro atoms. The Morgan fingerprint density at radius 3 is 2.52 bits per heavy atom. The van der Waals surface area contributed by atoms with Crippen molar-refractivity contribution in [3.8, 4) is 0 Å². The quantitative estimate of drug-likeness (QED) is 0.437. The van der Waals surface area contributed by atoms with Gasteiger partial charge in [0.15, 0.2) is 5.78 Å². The van der Waals surface area contributed by atoms with E-state index in [0.29, 0.717) is 28.7 Å². The van der Waals surface area contributed by atoms with Crippen molar-refractivity contribution in [2.24, 2.45) is 4.99 Å². The van der Waals surface area contributed by atoms with Gasteiger partial charge in [0.1, 0.15) is 6.04 Å². The summed E-state index contributed by atoms with van der Waals surface area (Å²) in [5.41, 5.74) is 5.66. The normalized spacial score (nSPS) is 15.9. The summed E-state index contributed by atoms with van der Waals surface area (Å²) in [4.78, 5) is 33.4. The lowest BCUT2D eigenvalue weighted by molar-refractivity contribution is -0.119. The number of fused-ring (bicyclic) bond motifs is 2. The molecule has 0 aliphatic carbocycles. The SMILES string of the molecule is CCn1c(=O)[nH]c2cc(C3=N[C@H](Cc4ccc(Cl)cc4)C(=O)Cc4ccc(Cl)cc43)ccc21. The molecule has 3 aromatic carbocycles. The molecule has 166 valence electrons. The van der Waals surface area contributed by atoms with Crippen LogP contribution in [0.25, 0.3) is 11.0 Å². The Labute approximate surface area is 200 Å². The molecule has 7 heteroatoms. The molecular formula is C26H21Cl2N3O2. The van der Waals surface area contributed by atoms with Gasteiger partial charge in [-0.05, 0) is 54.4 Å². The maximum Gasteiger partial charge on any atom is 0.326 e. The van der Waals surface area contributed by atoms with Gasteiger partial charge >= 0.3 is 5.69 Å². The predicted octanol–water partition coefficient (Wildman–Crippen LogP) is 5.23. The number of nitrogens with one attached hydrogen (secondary N) is 1. The predicted molar refractivity (Wildman–Crippen MR) is 133 cm³/mol. The van der Waals surface area contributed by atoms with Crippen molar-refractivity contribution in [3.63, 3.8) is 0 Å². The zero-order chi connectivity index (χ0) is 23.1. The first-order valence-corrected chi connectivity index (χ1v) is 11.5. The Morgan fingerprint density at radius 1 is 1.00 bits per heavy atom. The monoisotopic (exact) mass is 477 g/mol. The highest BCUT2D eigenvalue weighted by Gasteiger charge is 2.27. The molecular weight excluding hydrogens is 457 g/mol. The molecule has 1 atom stereocenters. The number of rotatable bonds is 4. The highest BCUT2D eigenvalue weighted by atomic mass is 35.5. The fourth-order valence-electron chi connectivity index (χ4n) is 4.38. The van der Waals surface area contributed by atoms with Crippen LogP contribution in [0.5, 0.6) is 0 Å². The van der Waals surface area contributed by atoms with Crippen LogP contribution in [0.15, 0.2) is 70.5 Å². The molecule has 33 heavy (non-hydrogen) atoms. The van der Waals surface area contributed by atoms with Gasteiger partial charge in [0.05, 0.1) is 16.7 Å². The minimum Gasteiger partial charge on any atom is -0.306 e. The van der Waals surface area contributed by atoms with Gasteiger partial charge in [-0.15, -0.1) is 0 Å². The molecule has 0 saturated heterocycles. The number of H-pyrrole nitrogens is 1. The second-order valence-electron chi connectivity index (χ2n) is 8.17. The van der Waals surface area contributed by atoms with Crippen LogP contribution in [-0.4, -0.2) is 27.1 Å². The Morgan fingerprint density at radius 2 is 1.76 bits per heavy atom. The van der Waals surface area contributed by atoms with E-state index < -0.39 is 6.04 Å². The van der Waals surface area contributed by atoms with Crippen molar-refractivity contribution in [2.45, 2.75) is 32.4 Å². The van der Waals surface area contributed by atoms with E-state index in [1.807, 2.05) is 61.5 Å². The Bertz CT molecular complexity index is 1470. The first-order valence-electron chi connectivity index (χ1n) is 10.8. The molecule has 0 bridgehead atoms. The maximum absolute atomic E-state index is 13.2. The molecule has 5 rings (SSSR count). The molecule has 5 nitrogen and oxygen atoms in total. The molecule has 0 unspecified atom stereocenters. The first-order chi connectivity index (χ1) is 15.9. The summed E-state index contributed by atoms with van der Waals surface area (Å²) in [5, 5.41) is 1.23. The molecule has 2 heterocycles. The van der Waals surface area contributed by atoms with E-state index in [2.05, 4.69) is 4.98 Å². The topological polar surface area (TPSA) is 67.2 Å². The zero-order valence-corrected chi connectivity index (χ0v) is 19.5. The summed E-state index contributed by atoms with van der Waals surface area (Å²) in [6, 6.07) is 18.3. The van der Waals surface area contributed by atoms with Crippen LogP contribution < -0.4 is 5.69 Å². The van der Waals surface area contributed by atoms with Gasteiger partial charge in [-0.2, -0.15) is 0 Å². The van der Waals surface area contributed by atoms with E-state index in [1.54, 1.807) is 10.6 Å². The minimum atomic E-state index is -0.540. The van der Waals surface area contributed by atoms with Gasteiger partial charge < -0.3 is 4.98 Å². The number of hydrogen-bond donors (Lipinski definition) is 1. The number of aliphatic imine (C=N–C) groups is 1. The molecule has 0 fully saturated rings. The second kappa shape index (κ2) is 8.65. The van der Waals surface area contributed by atoms with E-state index in [4.69, 9.17) is 28.2 Å². The van der Waals surface area contributed by atoms with E-state index >= 15 is 0 Å². The molecule has 1 aliphatic heterocycles. The fraction of sp³-hybridized carbons (Fsp3) is 0.192. The summed E-state index contributed by atoms with van der Waals surface area (Å²) < 4.78 is 1.69. The van der Waals surface area contributed by atoms with Crippen molar-refractivity contribution < 1.29 is 4.79 Å². The molecule has 0 radical (unpaired) electrons. The van der Waals surface area contributed by atoms with Crippen LogP contribution in [0.2, 0.25) is 10.0 Å². The van der Waals surface area contributed by atoms with Crippen LogP contribution in [0.1, 0.15) is 29.2 Å². The third-order valence-corrected chi connectivity index (χ3v) is 6.54. The molecule has 0 amide bonds. The average molecular weight is 478 g/mol. The number of halogens is 2. The number of ketones is 1. The van der Waals surface area contributed by atoms with Crippen molar-refractivity contribution in [2.75, 3.05) is 0 Å². The van der Waals surface area contributed by atoms with Crippen LogP contribution in [-0.2, 0) is 24.2 Å². The lowest BCUT2D eigenvalue weighted by atomic mass is 9.95. The van der Waals surface area contributed by atoms with E-state index in [9.17, 15) is 9.59 Å². The number of nitrogens with zero attached hydrogens (tertiary/aromatic N) is 2. The highest BCUT2D eigenvalue weighted by Crippen LogP contribution is 2.27. The van der Waals surface area contributed by atoms with Crippen LogP contribution in [0.4, 0.5) is 0 Å². The molecule has 1 N–H and O–H groups in total. The molecule has 1 aromatic heterocycles. The zero-order valence-electron chi connectivity index (χ0n) is 17.9. The first kappa shape index (κ1) is 21.7. The fourth-order valence-corrected chi connectivity index (χ4v) is 4.68. The Balaban J connectivity index is 1.66. The third-order valence-electron chi connectivity index (χ3n) is 6.05. The number of aromatic amines is 1. The molecule has 0 saturated carbocycles. The largest absolute Gasteiger partial charge is 0.326 e. The van der Waals surface area contributed by atoms with Crippen LogP contribution in [0, 0.1) is 0 Å². The Hall–Kier alpha value is -3.15. The summed E-state index contributed by atoms with van der Waals surface area (Å²) in [6.07, 6.45) is 0.759. The van der Waals surface area contributed by atoms with Crippen molar-refractivity contribution >= 4 is 45.7 Å². The van der Waals surface area contributed by atoms with E-state index in [0.717, 1.165) is 33.3 Å². The number of hydrogen-bond acceptors (Lipinski definition) is 3. The average Bonchev–Trinajstić information content (AvgIpc) is 3.05. The number of benzene rings is 3. The van der Waals surface area contributed by atoms with Gasteiger partial charge in [-0.1, -0.05) is 47.5 Å². The maximum atomic E-state index is 13.2. The van der Waals surface area contributed by atoms with E-state index in [1.165, 1.54) is 0 Å². The Kier molecular flexibility index (Phi) is 5.69. The summed E-state index contributed by atoms with van der Waals surface area (Å²) in [5.74, 6) is 0.0511. The van der Waals surface area contributed by atoms with Crippen molar-refractivity contribution in [3.05, 3.63) is 103 Å².